The molecule has 0 spiro atoms. The van der Waals surface area contributed by atoms with Gasteiger partial charge in [-0.25, -0.2) is 0 Å². The fourth-order valence-corrected chi connectivity index (χ4v) is 2.84. The van der Waals surface area contributed by atoms with Crippen molar-refractivity contribution in [1.29, 1.82) is 0 Å². The van der Waals surface area contributed by atoms with Crippen LogP contribution in [0.25, 0.3) is 0 Å². The van der Waals surface area contributed by atoms with Gasteiger partial charge in [0, 0.05) is 6.92 Å². The first-order valence-corrected chi connectivity index (χ1v) is 7.06. The van der Waals surface area contributed by atoms with E-state index in [4.69, 9.17) is 0 Å². The predicted octanol–water partition coefficient (Wildman–Crippen LogP) is 1.22. The molecule has 1 rings (SSSR count). The van der Waals surface area contributed by atoms with Crippen molar-refractivity contribution in [1.82, 2.24) is 10.2 Å². The average Bonchev–Trinajstić information content (AvgIpc) is 2.64. The zero-order chi connectivity index (χ0) is 13.9. The Hall–Kier alpha value is -1.61. The minimum atomic E-state index is -3.90. The van der Waals surface area contributed by atoms with Gasteiger partial charge in [0.05, 0.1) is 5.71 Å². The van der Waals surface area contributed by atoms with Crippen LogP contribution in [0.1, 0.15) is 20.8 Å². The van der Waals surface area contributed by atoms with Gasteiger partial charge < -0.3 is 5.32 Å². The molecule has 0 bridgehead atoms. The van der Waals surface area contributed by atoms with E-state index >= 15 is 0 Å². The molecule has 0 saturated carbocycles. The monoisotopic (exact) mass is 288 g/mol. The molecule has 0 fully saturated rings. The lowest BCUT2D eigenvalue weighted by Gasteiger charge is -1.97. The normalized spacial score (nSPS) is 12.3. The van der Waals surface area contributed by atoms with Gasteiger partial charge in [-0.1, -0.05) is 17.9 Å². The highest BCUT2D eigenvalue weighted by molar-refractivity contribution is 7.92. The van der Waals surface area contributed by atoms with Gasteiger partial charge in [-0.3, -0.25) is 4.79 Å². The molecule has 7 nitrogen and oxygen atoms in total. The first kappa shape index (κ1) is 14.5. The molecule has 1 heterocycles. The van der Waals surface area contributed by atoms with E-state index in [1.165, 1.54) is 13.8 Å². The number of amides is 1. The Bertz CT molecular complexity index is 616. The van der Waals surface area contributed by atoms with E-state index in [0.29, 0.717) is 11.3 Å². The minimum Gasteiger partial charge on any atom is -0.301 e. The summed E-state index contributed by atoms with van der Waals surface area (Å²) in [6, 6.07) is 0. The van der Waals surface area contributed by atoms with Gasteiger partial charge >= 0.3 is 10.0 Å². The minimum absolute atomic E-state index is 0.115. The molecule has 1 amide bonds. The highest BCUT2D eigenvalue weighted by Gasteiger charge is 2.20. The standard InChI is InChI=1S/C9H12N4O3S2/c1-5(2)6(3)13-18(15,16)9-12-11-8(17-9)10-7(4)14/h1H2,2-4H3,(H,10,11,14)/b13-6-. The van der Waals surface area contributed by atoms with Gasteiger partial charge in [-0.15, -0.1) is 10.2 Å². The highest BCUT2D eigenvalue weighted by Crippen LogP contribution is 2.21. The molecule has 0 aromatic carbocycles. The van der Waals surface area contributed by atoms with Crippen molar-refractivity contribution >= 4 is 38.1 Å². The van der Waals surface area contributed by atoms with E-state index in [1.54, 1.807) is 6.92 Å². The van der Waals surface area contributed by atoms with Gasteiger partial charge in [0.15, 0.2) is 0 Å². The van der Waals surface area contributed by atoms with Crippen molar-refractivity contribution in [2.45, 2.75) is 25.1 Å². The first-order valence-electron chi connectivity index (χ1n) is 4.81. The lowest BCUT2D eigenvalue weighted by Crippen LogP contribution is -2.04. The van der Waals surface area contributed by atoms with E-state index in [0.717, 1.165) is 11.3 Å². The average molecular weight is 288 g/mol. The van der Waals surface area contributed by atoms with Crippen LogP contribution >= 0.6 is 11.3 Å². The number of rotatable bonds is 4. The molecular weight excluding hydrogens is 276 g/mol. The third-order valence-electron chi connectivity index (χ3n) is 1.78. The number of allylic oxidation sites excluding steroid dienone is 1. The second-order valence-electron chi connectivity index (χ2n) is 3.49. The number of carbonyl (C=O) groups is 1. The van der Waals surface area contributed by atoms with E-state index < -0.39 is 10.0 Å². The molecule has 1 aromatic rings. The van der Waals surface area contributed by atoms with Crippen molar-refractivity contribution < 1.29 is 13.2 Å². The molecule has 0 atom stereocenters. The van der Waals surface area contributed by atoms with Crippen LogP contribution in [0.4, 0.5) is 5.13 Å². The number of hydrogen-bond donors (Lipinski definition) is 1. The van der Waals surface area contributed by atoms with E-state index in [1.807, 2.05) is 0 Å². The van der Waals surface area contributed by atoms with Crippen LogP contribution in [0, 0.1) is 0 Å². The first-order chi connectivity index (χ1) is 8.22. The Morgan fingerprint density at radius 2 is 1.94 bits per heavy atom. The Labute approximate surface area is 109 Å². The highest BCUT2D eigenvalue weighted by atomic mass is 32.2. The maximum Gasteiger partial charge on any atom is 0.311 e. The van der Waals surface area contributed by atoms with Crippen molar-refractivity contribution in [3.05, 3.63) is 12.2 Å². The largest absolute Gasteiger partial charge is 0.311 e. The summed E-state index contributed by atoms with van der Waals surface area (Å²) in [6.07, 6.45) is 0. The van der Waals surface area contributed by atoms with Gasteiger partial charge in [-0.05, 0) is 19.4 Å². The second kappa shape index (κ2) is 5.36. The van der Waals surface area contributed by atoms with E-state index in [9.17, 15) is 13.2 Å². The van der Waals surface area contributed by atoms with Crippen molar-refractivity contribution in [3.8, 4) is 0 Å². The third-order valence-corrected chi connectivity index (χ3v) is 4.34. The molecule has 18 heavy (non-hydrogen) atoms. The van der Waals surface area contributed by atoms with Crippen LogP contribution in [0.2, 0.25) is 0 Å². The SMILES string of the molecule is C=C(C)/C(C)=N\S(=O)(=O)c1nnc(NC(C)=O)s1. The van der Waals surface area contributed by atoms with Crippen molar-refractivity contribution in [2.24, 2.45) is 4.40 Å². The maximum absolute atomic E-state index is 11.8. The van der Waals surface area contributed by atoms with Crippen LogP contribution in [0.5, 0.6) is 0 Å². The lowest BCUT2D eigenvalue weighted by atomic mass is 10.2. The molecule has 98 valence electrons. The molecule has 9 heteroatoms. The summed E-state index contributed by atoms with van der Waals surface area (Å²) in [5.74, 6) is -0.350. The van der Waals surface area contributed by atoms with Crippen LogP contribution in [0.15, 0.2) is 20.9 Å². The summed E-state index contributed by atoms with van der Waals surface area (Å²) in [5.41, 5.74) is 0.844. The molecule has 1 N–H and O–H groups in total. The number of aromatic nitrogens is 2. The van der Waals surface area contributed by atoms with Crippen LogP contribution < -0.4 is 5.32 Å². The molecule has 0 unspecified atom stereocenters. The smallest absolute Gasteiger partial charge is 0.301 e. The number of nitrogens with zero attached hydrogens (tertiary/aromatic N) is 3. The summed E-state index contributed by atoms with van der Waals surface area (Å²) in [6.45, 7) is 8.07. The molecule has 0 saturated heterocycles. The summed E-state index contributed by atoms with van der Waals surface area (Å²) in [7, 11) is -3.90. The number of anilines is 1. The van der Waals surface area contributed by atoms with Gasteiger partial charge in [0.1, 0.15) is 0 Å². The summed E-state index contributed by atoms with van der Waals surface area (Å²) < 4.78 is 26.9. The van der Waals surface area contributed by atoms with Crippen LogP contribution in [-0.2, 0) is 14.8 Å². The Kier molecular flexibility index (Phi) is 4.30. The Morgan fingerprint density at radius 3 is 2.44 bits per heavy atom. The Balaban J connectivity index is 3.07. The third kappa shape index (κ3) is 3.70. The zero-order valence-corrected chi connectivity index (χ0v) is 11.7. The lowest BCUT2D eigenvalue weighted by molar-refractivity contribution is -0.114. The fraction of sp³-hybridized carbons (Fsp3) is 0.333. The van der Waals surface area contributed by atoms with E-state index in [2.05, 4.69) is 26.5 Å². The number of hydrogen-bond acceptors (Lipinski definition) is 6. The zero-order valence-electron chi connectivity index (χ0n) is 10.1. The van der Waals surface area contributed by atoms with Crippen LogP contribution in [0.3, 0.4) is 0 Å². The van der Waals surface area contributed by atoms with Crippen molar-refractivity contribution in [2.75, 3.05) is 5.32 Å². The van der Waals surface area contributed by atoms with Crippen molar-refractivity contribution in [3.63, 3.8) is 0 Å². The molecule has 0 aliphatic carbocycles. The fourth-order valence-electron chi connectivity index (χ4n) is 0.812. The predicted molar refractivity (Wildman–Crippen MR) is 69.3 cm³/mol. The molecule has 0 aliphatic heterocycles. The van der Waals surface area contributed by atoms with Gasteiger partial charge in [-0.2, -0.15) is 12.8 Å². The summed E-state index contributed by atoms with van der Waals surface area (Å²) >= 11 is 0.743. The number of nitrogens with one attached hydrogen (secondary N) is 1. The second-order valence-corrected chi connectivity index (χ2v) is 6.24. The van der Waals surface area contributed by atoms with Gasteiger partial charge in [0.25, 0.3) is 4.34 Å². The van der Waals surface area contributed by atoms with E-state index in [-0.39, 0.29) is 15.4 Å². The maximum atomic E-state index is 11.8. The topological polar surface area (TPSA) is 101 Å². The number of sulfonamides is 1. The molecule has 0 aliphatic rings. The molecule has 0 radical (unpaired) electrons. The summed E-state index contributed by atoms with van der Waals surface area (Å²) in [4.78, 5) is 10.8. The van der Waals surface area contributed by atoms with Gasteiger partial charge in [0.2, 0.25) is 11.0 Å². The molecular formula is C9H12N4O3S2. The van der Waals surface area contributed by atoms with Crippen LogP contribution in [-0.4, -0.2) is 30.2 Å². The number of carbonyl (C=O) groups excluding carboxylic acids is 1. The Morgan fingerprint density at radius 1 is 1.33 bits per heavy atom. The summed E-state index contributed by atoms with van der Waals surface area (Å²) in [5, 5.41) is 9.49. The quantitative estimate of drug-likeness (QED) is 0.663. The molecule has 1 aromatic heterocycles.